The van der Waals surface area contributed by atoms with E-state index in [1.165, 1.54) is 4.90 Å². The molecule has 140 valence electrons. The molecule has 0 aliphatic carbocycles. The van der Waals surface area contributed by atoms with Crippen molar-refractivity contribution in [3.63, 3.8) is 0 Å². The van der Waals surface area contributed by atoms with E-state index in [4.69, 9.17) is 9.52 Å². The summed E-state index contributed by atoms with van der Waals surface area (Å²) in [4.78, 5) is 29.0. The third-order valence-electron chi connectivity index (χ3n) is 4.20. The predicted octanol–water partition coefficient (Wildman–Crippen LogP) is 3.60. The van der Waals surface area contributed by atoms with Crippen LogP contribution in [0.3, 0.4) is 0 Å². The second kappa shape index (κ2) is 7.90. The van der Waals surface area contributed by atoms with Gasteiger partial charge in [0.25, 0.3) is 0 Å². The number of aliphatic carboxylic acids is 1. The zero-order chi connectivity index (χ0) is 19.4. The van der Waals surface area contributed by atoms with Crippen molar-refractivity contribution in [2.45, 2.75) is 13.3 Å². The third-order valence-corrected chi connectivity index (χ3v) is 4.20. The predicted molar refractivity (Wildman–Crippen MR) is 102 cm³/mol. The Labute approximate surface area is 156 Å². The van der Waals surface area contributed by atoms with Crippen molar-refractivity contribution in [2.24, 2.45) is 5.92 Å². The van der Waals surface area contributed by atoms with Gasteiger partial charge in [0.05, 0.1) is 5.92 Å². The van der Waals surface area contributed by atoms with Gasteiger partial charge in [-0.2, -0.15) is 0 Å². The van der Waals surface area contributed by atoms with Crippen molar-refractivity contribution in [1.29, 1.82) is 0 Å². The maximum Gasteiger partial charge on any atom is 0.321 e. The first-order chi connectivity index (χ1) is 12.9. The minimum absolute atomic E-state index is 0.118. The van der Waals surface area contributed by atoms with Gasteiger partial charge in [0.1, 0.15) is 5.52 Å². The van der Waals surface area contributed by atoms with Gasteiger partial charge in [-0.15, -0.1) is 0 Å². The van der Waals surface area contributed by atoms with E-state index in [9.17, 15) is 9.59 Å². The van der Waals surface area contributed by atoms with Crippen molar-refractivity contribution < 1.29 is 19.1 Å². The lowest BCUT2D eigenvalue weighted by Gasteiger charge is -2.19. The zero-order valence-electron chi connectivity index (χ0n) is 15.2. The van der Waals surface area contributed by atoms with Crippen LogP contribution in [-0.4, -0.2) is 40.6 Å². The summed E-state index contributed by atoms with van der Waals surface area (Å²) in [5, 5.41) is 11.7. The molecule has 7 heteroatoms. The number of carbonyl (C=O) groups is 2. The van der Waals surface area contributed by atoms with Crippen LogP contribution in [0, 0.1) is 5.92 Å². The molecule has 2 N–H and O–H groups in total. The van der Waals surface area contributed by atoms with Crippen LogP contribution in [0.1, 0.15) is 18.4 Å². The van der Waals surface area contributed by atoms with Crippen LogP contribution in [0.5, 0.6) is 0 Å². The van der Waals surface area contributed by atoms with E-state index in [-0.39, 0.29) is 12.6 Å². The largest absolute Gasteiger partial charge is 0.481 e. The molecule has 0 saturated carbocycles. The lowest BCUT2D eigenvalue weighted by Crippen LogP contribution is -2.36. The van der Waals surface area contributed by atoms with Gasteiger partial charge in [0, 0.05) is 31.8 Å². The second-order valence-electron chi connectivity index (χ2n) is 6.50. The summed E-state index contributed by atoms with van der Waals surface area (Å²) >= 11 is 0. The SMILES string of the molecule is CC(CN(C)C(=O)Nc1ccc2nc(Cc3ccccc3)oc2c1)C(=O)O. The molecule has 3 rings (SSSR count). The fourth-order valence-corrected chi connectivity index (χ4v) is 2.69. The molecule has 7 nitrogen and oxygen atoms in total. The molecule has 27 heavy (non-hydrogen) atoms. The molecular weight excluding hydrogens is 346 g/mol. The van der Waals surface area contributed by atoms with E-state index < -0.39 is 11.9 Å². The number of benzene rings is 2. The minimum atomic E-state index is -0.941. The fraction of sp³-hybridized carbons (Fsp3) is 0.250. The first kappa shape index (κ1) is 18.4. The highest BCUT2D eigenvalue weighted by Gasteiger charge is 2.17. The summed E-state index contributed by atoms with van der Waals surface area (Å²) < 4.78 is 5.80. The molecule has 0 bridgehead atoms. The van der Waals surface area contributed by atoms with E-state index in [2.05, 4.69) is 10.3 Å². The number of anilines is 1. The van der Waals surface area contributed by atoms with Gasteiger partial charge in [-0.05, 0) is 17.7 Å². The summed E-state index contributed by atoms with van der Waals surface area (Å²) in [5.74, 6) is -0.978. The molecule has 0 aliphatic rings. The lowest BCUT2D eigenvalue weighted by molar-refractivity contribution is -0.141. The number of fused-ring (bicyclic) bond motifs is 1. The number of nitrogens with zero attached hydrogens (tertiary/aromatic N) is 2. The second-order valence-corrected chi connectivity index (χ2v) is 6.50. The number of aromatic nitrogens is 1. The number of rotatable bonds is 6. The van der Waals surface area contributed by atoms with E-state index in [0.717, 1.165) is 5.56 Å². The van der Waals surface area contributed by atoms with E-state index in [1.807, 2.05) is 30.3 Å². The summed E-state index contributed by atoms with van der Waals surface area (Å²) in [6.45, 7) is 1.67. The summed E-state index contributed by atoms with van der Waals surface area (Å²) in [7, 11) is 1.56. The van der Waals surface area contributed by atoms with Gasteiger partial charge in [-0.1, -0.05) is 37.3 Å². The number of amides is 2. The van der Waals surface area contributed by atoms with Crippen molar-refractivity contribution in [2.75, 3.05) is 18.9 Å². The van der Waals surface area contributed by atoms with Crippen LogP contribution in [0.2, 0.25) is 0 Å². The number of hydrogen-bond acceptors (Lipinski definition) is 4. The summed E-state index contributed by atoms with van der Waals surface area (Å²) in [6, 6.07) is 14.8. The monoisotopic (exact) mass is 367 g/mol. The molecule has 1 unspecified atom stereocenters. The van der Waals surface area contributed by atoms with Crippen LogP contribution in [0.25, 0.3) is 11.1 Å². The van der Waals surface area contributed by atoms with E-state index in [1.54, 1.807) is 32.2 Å². The van der Waals surface area contributed by atoms with Crippen molar-refractivity contribution >= 4 is 28.8 Å². The Kier molecular flexibility index (Phi) is 5.40. The number of urea groups is 1. The van der Waals surface area contributed by atoms with Gasteiger partial charge in [0.2, 0.25) is 0 Å². The van der Waals surface area contributed by atoms with E-state index >= 15 is 0 Å². The van der Waals surface area contributed by atoms with Crippen LogP contribution in [0.15, 0.2) is 52.9 Å². The average molecular weight is 367 g/mol. The Hall–Kier alpha value is -3.35. The molecule has 2 amide bonds. The highest BCUT2D eigenvalue weighted by Crippen LogP contribution is 2.22. The van der Waals surface area contributed by atoms with Gasteiger partial charge in [-0.25, -0.2) is 9.78 Å². The molecule has 2 aromatic carbocycles. The summed E-state index contributed by atoms with van der Waals surface area (Å²) in [5.41, 5.74) is 2.96. The number of hydrogen-bond donors (Lipinski definition) is 2. The molecular formula is C20H21N3O4. The Morgan fingerprint density at radius 2 is 1.96 bits per heavy atom. The third kappa shape index (κ3) is 4.63. The van der Waals surface area contributed by atoms with Gasteiger partial charge in [-0.3, -0.25) is 4.79 Å². The number of carbonyl (C=O) groups excluding carboxylic acids is 1. The van der Waals surface area contributed by atoms with Gasteiger partial charge < -0.3 is 19.7 Å². The molecule has 0 fully saturated rings. The standard InChI is InChI=1S/C20H21N3O4/c1-13(19(24)25)12-23(2)20(26)21-15-8-9-16-17(11-15)27-18(22-16)10-14-6-4-3-5-7-14/h3-9,11,13H,10,12H2,1-2H3,(H,21,26)(H,24,25). The first-order valence-corrected chi connectivity index (χ1v) is 8.60. The van der Waals surface area contributed by atoms with E-state index in [0.29, 0.717) is 29.1 Å². The zero-order valence-corrected chi connectivity index (χ0v) is 15.2. The Balaban J connectivity index is 1.69. The average Bonchev–Trinajstić information content (AvgIpc) is 3.03. The number of carboxylic acids is 1. The molecule has 3 aromatic rings. The molecule has 1 heterocycles. The molecule has 0 aliphatic heterocycles. The highest BCUT2D eigenvalue weighted by molar-refractivity contribution is 5.91. The Bertz CT molecular complexity index is 952. The van der Waals surface area contributed by atoms with Crippen LogP contribution in [-0.2, 0) is 11.2 Å². The van der Waals surface area contributed by atoms with Crippen LogP contribution in [0.4, 0.5) is 10.5 Å². The number of carboxylic acid groups (broad SMARTS) is 1. The van der Waals surface area contributed by atoms with Crippen LogP contribution < -0.4 is 5.32 Å². The van der Waals surface area contributed by atoms with Gasteiger partial charge in [0.15, 0.2) is 11.5 Å². The smallest absolute Gasteiger partial charge is 0.321 e. The molecule has 0 saturated heterocycles. The fourth-order valence-electron chi connectivity index (χ4n) is 2.69. The minimum Gasteiger partial charge on any atom is -0.481 e. The van der Waals surface area contributed by atoms with Crippen LogP contribution >= 0.6 is 0 Å². The van der Waals surface area contributed by atoms with Crippen molar-refractivity contribution in [3.8, 4) is 0 Å². The highest BCUT2D eigenvalue weighted by atomic mass is 16.4. The molecule has 1 aromatic heterocycles. The van der Waals surface area contributed by atoms with Crippen molar-refractivity contribution in [3.05, 3.63) is 60.0 Å². The summed E-state index contributed by atoms with van der Waals surface area (Å²) in [6.07, 6.45) is 0.590. The maximum atomic E-state index is 12.2. The number of nitrogens with one attached hydrogen (secondary N) is 1. The molecule has 0 radical (unpaired) electrons. The topological polar surface area (TPSA) is 95.7 Å². The quantitative estimate of drug-likeness (QED) is 0.694. The first-order valence-electron chi connectivity index (χ1n) is 8.60. The Morgan fingerprint density at radius 3 is 2.67 bits per heavy atom. The molecule has 1 atom stereocenters. The van der Waals surface area contributed by atoms with Gasteiger partial charge >= 0.3 is 12.0 Å². The number of oxazole rings is 1. The molecule has 0 spiro atoms. The van der Waals surface area contributed by atoms with Crippen molar-refractivity contribution in [1.82, 2.24) is 9.88 Å². The lowest BCUT2D eigenvalue weighted by atomic mass is 10.1. The maximum absolute atomic E-state index is 12.2. The normalized spacial score (nSPS) is 11.9. The Morgan fingerprint density at radius 1 is 1.22 bits per heavy atom.